The molecule has 1 amide bonds. The molecular formula is C25H17N3O8S2. The number of carbonyl (C=O) groups excluding carboxylic acids is 2. The molecule has 192 valence electrons. The molecule has 0 saturated carbocycles. The van der Waals surface area contributed by atoms with Crippen molar-refractivity contribution in [2.75, 3.05) is 4.90 Å². The summed E-state index contributed by atoms with van der Waals surface area (Å²) < 4.78 is 31.3. The minimum absolute atomic E-state index is 0.0742. The number of Topliss-reactive ketones (excluding diaryl/α,β-unsaturated/α-hetero) is 1. The molecule has 3 heterocycles. The third-order valence-electron chi connectivity index (χ3n) is 5.89. The molecule has 0 bridgehead atoms. The lowest BCUT2D eigenvalue weighted by atomic mass is 9.95. The van der Waals surface area contributed by atoms with Gasteiger partial charge < -0.3 is 9.52 Å². The summed E-state index contributed by atoms with van der Waals surface area (Å²) in [4.78, 5) is 41.8. The topological polar surface area (TPSA) is 161 Å². The minimum Gasteiger partial charge on any atom is -0.503 e. The Balaban J connectivity index is 1.57. The first-order valence-corrected chi connectivity index (χ1v) is 13.3. The van der Waals surface area contributed by atoms with Gasteiger partial charge in [-0.2, -0.15) is 0 Å². The molecule has 4 aromatic rings. The van der Waals surface area contributed by atoms with Crippen LogP contribution in [0.5, 0.6) is 0 Å². The van der Waals surface area contributed by atoms with Crippen molar-refractivity contribution in [1.29, 1.82) is 0 Å². The Labute approximate surface area is 219 Å². The van der Waals surface area contributed by atoms with E-state index in [9.17, 15) is 33.2 Å². The van der Waals surface area contributed by atoms with Gasteiger partial charge in [-0.3, -0.25) is 24.6 Å². The van der Waals surface area contributed by atoms with Crippen LogP contribution in [0.4, 0.5) is 10.8 Å². The molecule has 0 saturated heterocycles. The van der Waals surface area contributed by atoms with E-state index < -0.39 is 38.3 Å². The number of nitro benzene ring substituents is 1. The van der Waals surface area contributed by atoms with Crippen molar-refractivity contribution in [3.05, 3.63) is 111 Å². The van der Waals surface area contributed by atoms with Gasteiger partial charge in [0.05, 0.1) is 33.9 Å². The highest BCUT2D eigenvalue weighted by Crippen LogP contribution is 2.44. The van der Waals surface area contributed by atoms with Crippen LogP contribution in [0, 0.1) is 17.0 Å². The third-order valence-corrected chi connectivity index (χ3v) is 9.12. The summed E-state index contributed by atoms with van der Waals surface area (Å²) in [6, 6.07) is 13.1. The van der Waals surface area contributed by atoms with E-state index in [1.165, 1.54) is 18.4 Å². The first-order chi connectivity index (χ1) is 18.1. The van der Waals surface area contributed by atoms with Crippen molar-refractivity contribution in [3.8, 4) is 0 Å². The molecule has 0 aliphatic carbocycles. The summed E-state index contributed by atoms with van der Waals surface area (Å²) in [7, 11) is -4.14. The molecule has 38 heavy (non-hydrogen) atoms. The zero-order valence-corrected chi connectivity index (χ0v) is 21.1. The van der Waals surface area contributed by atoms with Crippen LogP contribution in [0.25, 0.3) is 0 Å². The second-order valence-electron chi connectivity index (χ2n) is 8.27. The fourth-order valence-corrected chi connectivity index (χ4v) is 6.54. The summed E-state index contributed by atoms with van der Waals surface area (Å²) in [5.74, 6) is -2.52. The number of nitro groups is 1. The lowest BCUT2D eigenvalue weighted by Crippen LogP contribution is -2.30. The summed E-state index contributed by atoms with van der Waals surface area (Å²) >= 11 is 0.661. The van der Waals surface area contributed by atoms with E-state index in [1.807, 2.05) is 6.92 Å². The molecule has 11 nitrogen and oxygen atoms in total. The van der Waals surface area contributed by atoms with Gasteiger partial charge in [0.25, 0.3) is 11.6 Å². The third kappa shape index (κ3) is 4.17. The lowest BCUT2D eigenvalue weighted by molar-refractivity contribution is -0.384. The monoisotopic (exact) mass is 551 g/mol. The normalized spacial score (nSPS) is 15.8. The predicted molar refractivity (Wildman–Crippen MR) is 135 cm³/mol. The van der Waals surface area contributed by atoms with Crippen LogP contribution in [-0.4, -0.2) is 35.1 Å². The number of ketones is 1. The Kier molecular flexibility index (Phi) is 6.17. The zero-order valence-electron chi connectivity index (χ0n) is 19.5. The van der Waals surface area contributed by atoms with Gasteiger partial charge in [-0.05, 0) is 36.8 Å². The molecule has 0 radical (unpaired) electrons. The van der Waals surface area contributed by atoms with E-state index in [0.29, 0.717) is 16.9 Å². The summed E-state index contributed by atoms with van der Waals surface area (Å²) in [6.45, 7) is 1.86. The van der Waals surface area contributed by atoms with Crippen LogP contribution < -0.4 is 4.90 Å². The van der Waals surface area contributed by atoms with Crippen molar-refractivity contribution in [2.45, 2.75) is 22.1 Å². The number of aryl methyl sites for hydroxylation is 1. The van der Waals surface area contributed by atoms with Crippen molar-refractivity contribution in [3.63, 3.8) is 0 Å². The zero-order chi connectivity index (χ0) is 27.2. The number of hydrogen-bond donors (Lipinski definition) is 1. The Morgan fingerprint density at radius 1 is 1.13 bits per heavy atom. The van der Waals surface area contributed by atoms with E-state index in [4.69, 9.17) is 4.42 Å². The number of aliphatic hydroxyl groups is 1. The molecular weight excluding hydrogens is 534 g/mol. The van der Waals surface area contributed by atoms with Gasteiger partial charge in [0.1, 0.15) is 4.21 Å². The molecule has 1 aliphatic heterocycles. The Bertz CT molecular complexity index is 1700. The quantitative estimate of drug-likeness (QED) is 0.197. The number of rotatable bonds is 7. The average Bonchev–Trinajstić information content (AvgIpc) is 3.65. The Morgan fingerprint density at radius 2 is 1.82 bits per heavy atom. The molecule has 2 aromatic heterocycles. The highest BCUT2D eigenvalue weighted by Gasteiger charge is 2.46. The van der Waals surface area contributed by atoms with Crippen LogP contribution in [0.1, 0.15) is 27.7 Å². The van der Waals surface area contributed by atoms with Gasteiger partial charge in [0.15, 0.2) is 16.7 Å². The van der Waals surface area contributed by atoms with Gasteiger partial charge >= 0.3 is 0 Å². The van der Waals surface area contributed by atoms with Crippen LogP contribution in [0.15, 0.2) is 98.0 Å². The lowest BCUT2D eigenvalue weighted by Gasteiger charge is -2.24. The van der Waals surface area contributed by atoms with E-state index in [0.717, 1.165) is 40.9 Å². The SMILES string of the molecule is Cc1ccc(C2C(C(=O)c3ccco3)=C(O)C(=O)N2c2ncc(S(=O)(=O)c3ccc([N+](=O)[O-])cc3)s2)cc1. The van der Waals surface area contributed by atoms with Crippen molar-refractivity contribution in [1.82, 2.24) is 4.98 Å². The number of nitrogens with zero attached hydrogens (tertiary/aromatic N) is 3. The second kappa shape index (κ2) is 9.36. The predicted octanol–water partition coefficient (Wildman–Crippen LogP) is 4.57. The molecule has 13 heteroatoms. The molecule has 5 rings (SSSR count). The number of amides is 1. The summed E-state index contributed by atoms with van der Waals surface area (Å²) in [5, 5.41) is 21.6. The van der Waals surface area contributed by atoms with Gasteiger partial charge in [-0.25, -0.2) is 13.4 Å². The maximum absolute atomic E-state index is 13.3. The van der Waals surface area contributed by atoms with Gasteiger partial charge in [-0.15, -0.1) is 0 Å². The van der Waals surface area contributed by atoms with Crippen LogP contribution >= 0.6 is 11.3 Å². The first kappa shape index (κ1) is 25.0. The number of anilines is 1. The van der Waals surface area contributed by atoms with E-state index in [-0.39, 0.29) is 31.3 Å². The second-order valence-corrected chi connectivity index (χ2v) is 11.5. The van der Waals surface area contributed by atoms with Gasteiger partial charge in [0, 0.05) is 12.1 Å². The first-order valence-electron chi connectivity index (χ1n) is 11.0. The van der Waals surface area contributed by atoms with Gasteiger partial charge in [0.2, 0.25) is 15.6 Å². The van der Waals surface area contributed by atoms with Gasteiger partial charge in [-0.1, -0.05) is 41.2 Å². The smallest absolute Gasteiger partial charge is 0.296 e. The number of sulfone groups is 1. The number of thiazole rings is 1. The van der Waals surface area contributed by atoms with E-state index in [2.05, 4.69) is 4.98 Å². The highest BCUT2D eigenvalue weighted by atomic mass is 32.2. The number of benzene rings is 2. The van der Waals surface area contributed by atoms with E-state index >= 15 is 0 Å². The van der Waals surface area contributed by atoms with Crippen molar-refractivity contribution >= 4 is 43.7 Å². The Hall–Kier alpha value is -4.62. The molecule has 1 atom stereocenters. The molecule has 0 fully saturated rings. The minimum atomic E-state index is -4.14. The van der Waals surface area contributed by atoms with Crippen molar-refractivity contribution < 1.29 is 32.5 Å². The standard InChI is InChI=1S/C25H17N3O8S2/c1-14-4-6-15(7-5-14)21-20(22(29)18-3-2-12-36-18)23(30)24(31)27(21)25-26-13-19(37-25)38(34,35)17-10-8-16(9-11-17)28(32)33/h2-13,21,30H,1H3. The highest BCUT2D eigenvalue weighted by molar-refractivity contribution is 7.93. The number of aliphatic hydroxyl groups excluding tert-OH is 1. The summed E-state index contributed by atoms with van der Waals surface area (Å²) in [6.07, 6.45) is 2.34. The van der Waals surface area contributed by atoms with E-state index in [1.54, 1.807) is 24.3 Å². The number of non-ortho nitro benzene ring substituents is 1. The molecule has 0 spiro atoms. The van der Waals surface area contributed by atoms with Crippen LogP contribution in [0.3, 0.4) is 0 Å². The maximum atomic E-state index is 13.3. The number of furan rings is 1. The maximum Gasteiger partial charge on any atom is 0.296 e. The largest absolute Gasteiger partial charge is 0.503 e. The number of carbonyl (C=O) groups is 2. The van der Waals surface area contributed by atoms with Crippen LogP contribution in [-0.2, 0) is 14.6 Å². The number of hydrogen-bond acceptors (Lipinski definition) is 10. The summed E-state index contributed by atoms with van der Waals surface area (Å²) in [5.41, 5.74) is 0.900. The average molecular weight is 552 g/mol. The molecule has 1 unspecified atom stereocenters. The fraction of sp³-hybridized carbons (Fsp3) is 0.0800. The Morgan fingerprint density at radius 3 is 2.42 bits per heavy atom. The molecule has 2 aromatic carbocycles. The number of aromatic nitrogens is 1. The van der Waals surface area contributed by atoms with Crippen molar-refractivity contribution in [2.24, 2.45) is 0 Å². The molecule has 1 N–H and O–H groups in total. The fourth-order valence-electron chi connectivity index (χ4n) is 3.99. The molecule has 1 aliphatic rings. The van der Waals surface area contributed by atoms with Crippen LogP contribution in [0.2, 0.25) is 0 Å².